The third kappa shape index (κ3) is 5.07. The minimum Gasteiger partial charge on any atom is -0.478 e. The van der Waals surface area contributed by atoms with Crippen LogP contribution >= 0.6 is 34.0 Å². The molecule has 182 valence electrons. The first-order valence-corrected chi connectivity index (χ1v) is 14.0. The van der Waals surface area contributed by atoms with Gasteiger partial charge in [-0.2, -0.15) is 0 Å². The summed E-state index contributed by atoms with van der Waals surface area (Å²) in [5.74, 6) is -0.948. The molecule has 0 aliphatic rings. The van der Waals surface area contributed by atoms with Crippen LogP contribution in [0.15, 0.2) is 78.9 Å². The summed E-state index contributed by atoms with van der Waals surface area (Å²) in [7, 11) is 0. The molecule has 5 rings (SSSR count). The predicted molar refractivity (Wildman–Crippen MR) is 150 cm³/mol. The van der Waals surface area contributed by atoms with Crippen molar-refractivity contribution in [2.45, 2.75) is 12.8 Å². The van der Waals surface area contributed by atoms with Crippen LogP contribution in [0.1, 0.15) is 21.5 Å². The molecular formula is C29H24O4S3. The molecule has 0 aliphatic carbocycles. The molecule has 36 heavy (non-hydrogen) atoms. The topological polar surface area (TPSA) is 77.8 Å². The Bertz CT molecular complexity index is 1490. The number of carboxylic acid groups (broad SMARTS) is 1. The Morgan fingerprint density at radius 3 is 1.72 bits per heavy atom. The van der Waals surface area contributed by atoms with Gasteiger partial charge in [-0.25, -0.2) is 4.79 Å². The first-order valence-electron chi connectivity index (χ1n) is 11.5. The summed E-state index contributed by atoms with van der Waals surface area (Å²) in [5, 5.41) is 28.7. The van der Waals surface area contributed by atoms with Crippen LogP contribution in [0.25, 0.3) is 40.4 Å². The lowest BCUT2D eigenvalue weighted by Crippen LogP contribution is -1.95. The lowest BCUT2D eigenvalue weighted by atomic mass is 10.1. The lowest BCUT2D eigenvalue weighted by molar-refractivity contribution is 0.0697. The highest BCUT2D eigenvalue weighted by Crippen LogP contribution is 2.46. The highest BCUT2D eigenvalue weighted by Gasteiger charge is 2.18. The van der Waals surface area contributed by atoms with E-state index >= 15 is 0 Å². The molecule has 0 saturated heterocycles. The lowest BCUT2D eigenvalue weighted by Gasteiger charge is -2.00. The van der Waals surface area contributed by atoms with Gasteiger partial charge in [0.2, 0.25) is 0 Å². The second kappa shape index (κ2) is 10.9. The van der Waals surface area contributed by atoms with Gasteiger partial charge in [0.15, 0.2) is 0 Å². The molecule has 2 aromatic carbocycles. The zero-order valence-corrected chi connectivity index (χ0v) is 21.8. The molecule has 0 bridgehead atoms. The number of thiophene rings is 3. The van der Waals surface area contributed by atoms with E-state index in [-0.39, 0.29) is 18.8 Å². The van der Waals surface area contributed by atoms with Crippen LogP contribution in [0.4, 0.5) is 0 Å². The zero-order valence-electron chi connectivity index (χ0n) is 19.3. The van der Waals surface area contributed by atoms with E-state index in [1.54, 1.807) is 52.2 Å². The number of aliphatic hydroxyl groups excluding tert-OH is 2. The minimum atomic E-state index is -0.948. The second-order valence-electron chi connectivity index (χ2n) is 8.29. The smallest absolute Gasteiger partial charge is 0.335 e. The van der Waals surface area contributed by atoms with Gasteiger partial charge in [0.05, 0.1) is 5.56 Å². The van der Waals surface area contributed by atoms with E-state index in [1.165, 1.54) is 15.3 Å². The van der Waals surface area contributed by atoms with Gasteiger partial charge >= 0.3 is 5.97 Å². The minimum absolute atomic E-state index is 0.0442. The molecule has 0 amide bonds. The fraction of sp³-hybridized carbons (Fsp3) is 0.138. The van der Waals surface area contributed by atoms with Gasteiger partial charge in [0.25, 0.3) is 0 Å². The molecule has 0 unspecified atom stereocenters. The van der Waals surface area contributed by atoms with Crippen molar-refractivity contribution in [3.05, 3.63) is 95.6 Å². The van der Waals surface area contributed by atoms with Crippen LogP contribution < -0.4 is 0 Å². The Labute approximate surface area is 221 Å². The molecular weight excluding hydrogens is 509 g/mol. The van der Waals surface area contributed by atoms with E-state index in [9.17, 15) is 20.1 Å². The van der Waals surface area contributed by atoms with Crippen LogP contribution in [0.5, 0.6) is 0 Å². The van der Waals surface area contributed by atoms with Crippen molar-refractivity contribution in [1.29, 1.82) is 0 Å². The van der Waals surface area contributed by atoms with Gasteiger partial charge in [0.1, 0.15) is 0 Å². The molecule has 0 atom stereocenters. The van der Waals surface area contributed by atoms with E-state index in [2.05, 4.69) is 36.4 Å². The Balaban J connectivity index is 1.53. The van der Waals surface area contributed by atoms with E-state index in [1.807, 2.05) is 24.3 Å². The Kier molecular flexibility index (Phi) is 7.46. The van der Waals surface area contributed by atoms with E-state index in [0.29, 0.717) is 12.8 Å². The molecule has 7 heteroatoms. The molecule has 0 spiro atoms. The number of rotatable bonds is 9. The SMILES string of the molecule is O=C(O)c1cccc(-c2cc(CCO)c(-c3ccc(-c4sc(-c5ccccc5)cc4CCO)s3)s2)c1. The van der Waals surface area contributed by atoms with Crippen LogP contribution in [0.3, 0.4) is 0 Å². The van der Waals surface area contributed by atoms with Crippen LogP contribution in [-0.2, 0) is 12.8 Å². The monoisotopic (exact) mass is 532 g/mol. The molecule has 0 aliphatic heterocycles. The van der Waals surface area contributed by atoms with Gasteiger partial charge in [-0.05, 0) is 71.5 Å². The molecule has 0 saturated carbocycles. The van der Waals surface area contributed by atoms with Crippen molar-refractivity contribution in [3.8, 4) is 40.4 Å². The van der Waals surface area contributed by atoms with Gasteiger partial charge < -0.3 is 15.3 Å². The quantitative estimate of drug-likeness (QED) is 0.186. The molecule has 3 aromatic heterocycles. The first kappa shape index (κ1) is 24.6. The van der Waals surface area contributed by atoms with Gasteiger partial charge in [-0.15, -0.1) is 34.0 Å². The van der Waals surface area contributed by atoms with Crippen LogP contribution in [0, 0.1) is 0 Å². The summed E-state index contributed by atoms with van der Waals surface area (Å²) in [4.78, 5) is 18.1. The average molecular weight is 533 g/mol. The molecule has 4 nitrogen and oxygen atoms in total. The number of benzene rings is 2. The molecule has 5 aromatic rings. The van der Waals surface area contributed by atoms with E-state index in [4.69, 9.17) is 0 Å². The maximum absolute atomic E-state index is 11.4. The van der Waals surface area contributed by atoms with Crippen LogP contribution in [0.2, 0.25) is 0 Å². The van der Waals surface area contributed by atoms with Crippen molar-refractivity contribution < 1.29 is 20.1 Å². The summed E-state index contributed by atoms with van der Waals surface area (Å²) >= 11 is 5.07. The first-order chi connectivity index (χ1) is 17.6. The zero-order chi connectivity index (χ0) is 25.1. The van der Waals surface area contributed by atoms with Gasteiger partial charge in [0, 0.05) is 42.5 Å². The molecule has 3 N–H and O–H groups in total. The summed E-state index contributed by atoms with van der Waals surface area (Å²) in [6, 6.07) is 25.7. The van der Waals surface area contributed by atoms with Gasteiger partial charge in [-0.3, -0.25) is 0 Å². The fourth-order valence-electron chi connectivity index (χ4n) is 4.16. The largest absolute Gasteiger partial charge is 0.478 e. The molecule has 0 radical (unpaired) electrons. The number of hydrogen-bond donors (Lipinski definition) is 3. The number of hydrogen-bond acceptors (Lipinski definition) is 6. The Morgan fingerprint density at radius 2 is 1.17 bits per heavy atom. The van der Waals surface area contributed by atoms with Crippen molar-refractivity contribution in [1.82, 2.24) is 0 Å². The summed E-state index contributed by atoms with van der Waals surface area (Å²) in [5.41, 5.74) is 4.48. The fourth-order valence-corrected chi connectivity index (χ4v) is 7.88. The Hall–Kier alpha value is -3.07. The highest BCUT2D eigenvalue weighted by molar-refractivity contribution is 7.28. The van der Waals surface area contributed by atoms with Crippen molar-refractivity contribution in [2.24, 2.45) is 0 Å². The summed E-state index contributed by atoms with van der Waals surface area (Å²) in [6.07, 6.45) is 1.13. The van der Waals surface area contributed by atoms with E-state index in [0.717, 1.165) is 36.2 Å². The van der Waals surface area contributed by atoms with Crippen LogP contribution in [-0.4, -0.2) is 34.5 Å². The maximum Gasteiger partial charge on any atom is 0.335 e. The van der Waals surface area contributed by atoms with Gasteiger partial charge in [-0.1, -0.05) is 42.5 Å². The maximum atomic E-state index is 11.4. The summed E-state index contributed by atoms with van der Waals surface area (Å²) < 4.78 is 0. The highest BCUT2D eigenvalue weighted by atomic mass is 32.1. The average Bonchev–Trinajstić information content (AvgIpc) is 3.63. The van der Waals surface area contributed by atoms with Crippen molar-refractivity contribution in [2.75, 3.05) is 13.2 Å². The summed E-state index contributed by atoms with van der Waals surface area (Å²) in [6.45, 7) is 0.142. The number of carbonyl (C=O) groups is 1. The molecule has 3 heterocycles. The predicted octanol–water partition coefficient (Wildman–Crippen LogP) is 7.31. The third-order valence-corrected chi connectivity index (χ3v) is 9.78. The van der Waals surface area contributed by atoms with Crippen molar-refractivity contribution >= 4 is 40.0 Å². The number of carboxylic acids is 1. The second-order valence-corrected chi connectivity index (χ2v) is 11.5. The standard InChI is InChI=1S/C29H24O4S3/c30-13-11-20-16-25(18-5-2-1-3-6-18)35-27(20)23-9-10-24(34-23)28-21(12-14-31)17-26(36-28)19-7-4-8-22(15-19)29(32)33/h1-10,15-17,30-31H,11-14H2,(H,32,33). The normalized spacial score (nSPS) is 11.2. The third-order valence-electron chi connectivity index (χ3n) is 5.89. The number of aromatic carboxylic acids is 1. The number of aliphatic hydroxyl groups is 2. The Morgan fingerprint density at radius 1 is 0.611 bits per heavy atom. The van der Waals surface area contributed by atoms with E-state index < -0.39 is 5.97 Å². The molecule has 0 fully saturated rings. The van der Waals surface area contributed by atoms with Crippen molar-refractivity contribution in [3.63, 3.8) is 0 Å².